The third-order valence-electron chi connectivity index (χ3n) is 3.35. The van der Waals surface area contributed by atoms with Crippen LogP contribution in [0.2, 0.25) is 0 Å². The van der Waals surface area contributed by atoms with Crippen molar-refractivity contribution in [3.8, 4) is 11.4 Å². The zero-order valence-electron chi connectivity index (χ0n) is 13.8. The molecule has 6 nitrogen and oxygen atoms in total. The van der Waals surface area contributed by atoms with Crippen LogP contribution in [0.1, 0.15) is 29.9 Å². The summed E-state index contributed by atoms with van der Waals surface area (Å²) in [5.41, 5.74) is 1.27. The molecule has 6 heteroatoms. The second-order valence-corrected chi connectivity index (χ2v) is 5.70. The predicted octanol–water partition coefficient (Wildman–Crippen LogP) is 1.94. The van der Waals surface area contributed by atoms with Gasteiger partial charge in [-0.1, -0.05) is 32.0 Å². The first-order valence-corrected chi connectivity index (χ1v) is 7.46. The van der Waals surface area contributed by atoms with Gasteiger partial charge in [-0.2, -0.15) is 9.78 Å². The van der Waals surface area contributed by atoms with E-state index in [9.17, 15) is 9.59 Å². The maximum Gasteiger partial charge on any atom is 0.275 e. The molecule has 1 N–H and O–H groups in total. The van der Waals surface area contributed by atoms with Gasteiger partial charge < -0.3 is 10.1 Å². The van der Waals surface area contributed by atoms with Gasteiger partial charge in [-0.3, -0.25) is 9.59 Å². The summed E-state index contributed by atoms with van der Waals surface area (Å²) >= 11 is 0. The maximum absolute atomic E-state index is 12.3. The lowest BCUT2D eigenvalue weighted by Crippen LogP contribution is -2.32. The Labute approximate surface area is 135 Å². The van der Waals surface area contributed by atoms with E-state index in [-0.39, 0.29) is 22.9 Å². The second-order valence-electron chi connectivity index (χ2n) is 5.70. The van der Waals surface area contributed by atoms with Crippen LogP contribution in [0.25, 0.3) is 5.69 Å². The number of nitrogens with one attached hydrogen (secondary N) is 1. The highest BCUT2D eigenvalue weighted by Crippen LogP contribution is 2.16. The van der Waals surface area contributed by atoms with Crippen LogP contribution in [0.3, 0.4) is 0 Å². The van der Waals surface area contributed by atoms with Crippen LogP contribution in [0.5, 0.6) is 5.75 Å². The quantitative estimate of drug-likeness (QED) is 0.915. The molecule has 0 saturated carbocycles. The fraction of sp³-hybridized carbons (Fsp3) is 0.353. The molecule has 0 atom stereocenters. The number of aromatic nitrogens is 2. The molecule has 23 heavy (non-hydrogen) atoms. The van der Waals surface area contributed by atoms with E-state index in [1.54, 1.807) is 6.07 Å². The number of aryl methyl sites for hydroxylation is 1. The molecule has 0 aliphatic heterocycles. The van der Waals surface area contributed by atoms with E-state index in [0.29, 0.717) is 18.2 Å². The Morgan fingerprint density at radius 2 is 2.04 bits per heavy atom. The molecule has 0 aliphatic carbocycles. The molecule has 1 heterocycles. The first kappa shape index (κ1) is 16.7. The lowest BCUT2D eigenvalue weighted by atomic mass is 10.2. The summed E-state index contributed by atoms with van der Waals surface area (Å²) < 4.78 is 6.36. The summed E-state index contributed by atoms with van der Waals surface area (Å²) in [4.78, 5) is 24.6. The average Bonchev–Trinajstić information content (AvgIpc) is 2.53. The molecule has 0 bridgehead atoms. The molecule has 122 valence electrons. The highest BCUT2D eigenvalue weighted by Gasteiger charge is 2.18. The Bertz CT molecular complexity index is 766. The monoisotopic (exact) mass is 315 g/mol. The molecule has 0 fully saturated rings. The molecular weight excluding hydrogens is 294 g/mol. The maximum atomic E-state index is 12.3. The smallest absolute Gasteiger partial charge is 0.275 e. The molecule has 1 aromatic carbocycles. The minimum atomic E-state index is -0.363. The summed E-state index contributed by atoms with van der Waals surface area (Å²) in [6, 6.07) is 8.64. The summed E-state index contributed by atoms with van der Waals surface area (Å²) in [7, 11) is 1.41. The average molecular weight is 315 g/mol. The van der Waals surface area contributed by atoms with Crippen molar-refractivity contribution >= 4 is 5.91 Å². The van der Waals surface area contributed by atoms with E-state index in [2.05, 4.69) is 10.4 Å². The molecule has 0 spiro atoms. The molecule has 0 unspecified atom stereocenters. The normalized spacial score (nSPS) is 10.7. The van der Waals surface area contributed by atoms with Gasteiger partial charge in [0.2, 0.25) is 0 Å². The van der Waals surface area contributed by atoms with Crippen LogP contribution in [0.15, 0.2) is 35.1 Å². The number of hydrogen-bond donors (Lipinski definition) is 1. The molecule has 0 radical (unpaired) electrons. The van der Waals surface area contributed by atoms with Crippen molar-refractivity contribution in [1.29, 1.82) is 0 Å². The zero-order valence-corrected chi connectivity index (χ0v) is 13.8. The fourth-order valence-electron chi connectivity index (χ4n) is 2.11. The van der Waals surface area contributed by atoms with Crippen LogP contribution in [-0.4, -0.2) is 29.3 Å². The Morgan fingerprint density at radius 1 is 1.35 bits per heavy atom. The Morgan fingerprint density at radius 3 is 2.65 bits per heavy atom. The van der Waals surface area contributed by atoms with Gasteiger partial charge in [-0.05, 0) is 24.5 Å². The number of methoxy groups -OCH3 is 1. The van der Waals surface area contributed by atoms with Crippen LogP contribution in [0, 0.1) is 12.8 Å². The zero-order chi connectivity index (χ0) is 17.0. The van der Waals surface area contributed by atoms with Gasteiger partial charge >= 0.3 is 0 Å². The number of amides is 1. The third kappa shape index (κ3) is 3.77. The van der Waals surface area contributed by atoms with Gasteiger partial charge in [0.1, 0.15) is 0 Å². The van der Waals surface area contributed by atoms with Crippen molar-refractivity contribution in [3.63, 3.8) is 0 Å². The molecule has 2 rings (SSSR count). The minimum Gasteiger partial charge on any atom is -0.494 e. The standard InChI is InChI=1S/C17H21N3O3/c1-11(2)10-18-17(22)16-14(23-4)9-15(21)20(19-16)13-8-6-5-7-12(13)3/h5-9,11H,10H2,1-4H3,(H,18,22). The van der Waals surface area contributed by atoms with Gasteiger partial charge in [0.15, 0.2) is 11.4 Å². The number of carbonyl (C=O) groups excluding carboxylic acids is 1. The molecule has 1 aromatic heterocycles. The van der Waals surface area contributed by atoms with Crippen molar-refractivity contribution in [2.24, 2.45) is 5.92 Å². The summed E-state index contributed by atoms with van der Waals surface area (Å²) in [6.07, 6.45) is 0. The lowest BCUT2D eigenvalue weighted by molar-refractivity contribution is 0.0938. The van der Waals surface area contributed by atoms with Crippen molar-refractivity contribution in [1.82, 2.24) is 15.1 Å². The van der Waals surface area contributed by atoms with Gasteiger partial charge in [-0.15, -0.1) is 0 Å². The highest BCUT2D eigenvalue weighted by atomic mass is 16.5. The van der Waals surface area contributed by atoms with Gasteiger partial charge in [-0.25, -0.2) is 0 Å². The van der Waals surface area contributed by atoms with E-state index < -0.39 is 0 Å². The van der Waals surface area contributed by atoms with E-state index in [0.717, 1.165) is 5.56 Å². The van der Waals surface area contributed by atoms with E-state index in [4.69, 9.17) is 4.74 Å². The predicted molar refractivity (Wildman–Crippen MR) is 88.3 cm³/mol. The van der Waals surface area contributed by atoms with E-state index in [1.807, 2.05) is 39.0 Å². The molecular formula is C17H21N3O3. The van der Waals surface area contributed by atoms with E-state index in [1.165, 1.54) is 17.9 Å². The third-order valence-corrected chi connectivity index (χ3v) is 3.35. The molecule has 1 amide bonds. The molecule has 0 aliphatic rings. The summed E-state index contributed by atoms with van der Waals surface area (Å²) in [6.45, 7) is 6.40. The van der Waals surface area contributed by atoms with E-state index >= 15 is 0 Å². The number of carbonyl (C=O) groups is 1. The van der Waals surface area contributed by atoms with Crippen LogP contribution >= 0.6 is 0 Å². The van der Waals surface area contributed by atoms with Crippen LogP contribution in [0.4, 0.5) is 0 Å². The number of para-hydroxylation sites is 1. The number of rotatable bonds is 5. The number of hydrogen-bond acceptors (Lipinski definition) is 4. The second kappa shape index (κ2) is 7.09. The Kier molecular flexibility index (Phi) is 5.16. The van der Waals surface area contributed by atoms with Crippen molar-refractivity contribution in [2.75, 3.05) is 13.7 Å². The lowest BCUT2D eigenvalue weighted by Gasteiger charge is -2.13. The van der Waals surface area contributed by atoms with Crippen LogP contribution < -0.4 is 15.6 Å². The first-order valence-electron chi connectivity index (χ1n) is 7.46. The van der Waals surface area contributed by atoms with Gasteiger partial charge in [0, 0.05) is 6.54 Å². The fourth-order valence-corrected chi connectivity index (χ4v) is 2.11. The highest BCUT2D eigenvalue weighted by molar-refractivity contribution is 5.94. The minimum absolute atomic E-state index is 0.0935. The van der Waals surface area contributed by atoms with Crippen molar-refractivity contribution < 1.29 is 9.53 Å². The molecule has 0 saturated heterocycles. The van der Waals surface area contributed by atoms with Gasteiger partial charge in [0.25, 0.3) is 11.5 Å². The summed E-state index contributed by atoms with van der Waals surface area (Å²) in [5.74, 6) is 0.117. The Balaban J connectivity index is 2.51. The Hall–Kier alpha value is -2.63. The van der Waals surface area contributed by atoms with Gasteiger partial charge in [0.05, 0.1) is 18.9 Å². The topological polar surface area (TPSA) is 73.2 Å². The largest absolute Gasteiger partial charge is 0.494 e. The molecule has 2 aromatic rings. The summed E-state index contributed by atoms with van der Waals surface area (Å²) in [5, 5.41) is 7.01. The number of ether oxygens (including phenoxy) is 1. The van der Waals surface area contributed by atoms with Crippen molar-refractivity contribution in [2.45, 2.75) is 20.8 Å². The van der Waals surface area contributed by atoms with Crippen LogP contribution in [-0.2, 0) is 0 Å². The number of benzene rings is 1. The first-order chi connectivity index (χ1) is 10.9. The number of nitrogens with zero attached hydrogens (tertiary/aromatic N) is 2. The van der Waals surface area contributed by atoms with Crippen molar-refractivity contribution in [3.05, 3.63) is 51.9 Å². The SMILES string of the molecule is COc1cc(=O)n(-c2ccccc2C)nc1C(=O)NCC(C)C.